The summed E-state index contributed by atoms with van der Waals surface area (Å²) in [5.41, 5.74) is 8.69. The zero-order valence-corrected chi connectivity index (χ0v) is 19.8. The predicted octanol–water partition coefficient (Wildman–Crippen LogP) is 3.01. The van der Waals surface area contributed by atoms with Crippen LogP contribution in [-0.2, 0) is 7.05 Å². The number of nitrogens with two attached hydrogens (primary N) is 1. The summed E-state index contributed by atoms with van der Waals surface area (Å²) in [5.74, 6) is -0.0292. The van der Waals surface area contributed by atoms with Gasteiger partial charge in [-0.25, -0.2) is 9.67 Å². The highest BCUT2D eigenvalue weighted by Crippen LogP contribution is 2.31. The number of halogens is 2. The van der Waals surface area contributed by atoms with Crippen molar-refractivity contribution in [2.75, 3.05) is 6.54 Å². The zero-order valence-electron chi connectivity index (χ0n) is 17.4. The van der Waals surface area contributed by atoms with Crippen molar-refractivity contribution in [3.8, 4) is 10.6 Å². The van der Waals surface area contributed by atoms with Crippen LogP contribution in [0.1, 0.15) is 52.8 Å². The lowest BCUT2D eigenvalue weighted by Gasteiger charge is -2.37. The number of hydrogen-bond acceptors (Lipinski definition) is 6. The molecule has 162 valence electrons. The van der Waals surface area contributed by atoms with Crippen molar-refractivity contribution >= 4 is 42.1 Å². The predicted molar refractivity (Wildman–Crippen MR) is 122 cm³/mol. The number of hydrogen-bond donors (Lipinski definition) is 1. The van der Waals surface area contributed by atoms with Crippen molar-refractivity contribution in [3.05, 3.63) is 32.2 Å². The monoisotopic (exact) mass is 461 g/mol. The fourth-order valence-electron chi connectivity index (χ4n) is 3.69. The van der Waals surface area contributed by atoms with Crippen LogP contribution in [0, 0.1) is 20.8 Å². The molecule has 2 aromatic rings. The fourth-order valence-corrected chi connectivity index (χ4v) is 4.81. The lowest BCUT2D eigenvalue weighted by atomic mass is 9.96. The molecule has 0 aromatic carbocycles. The van der Waals surface area contributed by atoms with Crippen LogP contribution in [0.2, 0.25) is 0 Å². The van der Waals surface area contributed by atoms with Crippen LogP contribution in [0.3, 0.4) is 0 Å². The van der Waals surface area contributed by atoms with Crippen LogP contribution in [0.25, 0.3) is 10.6 Å². The first kappa shape index (κ1) is 25.6. The van der Waals surface area contributed by atoms with E-state index >= 15 is 0 Å². The summed E-state index contributed by atoms with van der Waals surface area (Å²) in [7, 11) is 1.63. The minimum absolute atomic E-state index is 0. The smallest absolute Gasteiger partial charge is 0.277 e. The molecular formula is C19H29Cl2N5O2S. The third-order valence-corrected chi connectivity index (χ3v) is 6.51. The molecule has 1 aliphatic rings. The summed E-state index contributed by atoms with van der Waals surface area (Å²) in [5, 5.41) is 4.80. The second-order valence-electron chi connectivity index (χ2n) is 7.37. The molecule has 10 heteroatoms. The van der Waals surface area contributed by atoms with Crippen molar-refractivity contribution < 1.29 is 4.79 Å². The van der Waals surface area contributed by atoms with Gasteiger partial charge in [0.1, 0.15) is 9.88 Å². The molecule has 2 aromatic heterocycles. The number of carbonyl (C=O) groups is 1. The van der Waals surface area contributed by atoms with Gasteiger partial charge in [-0.1, -0.05) is 0 Å². The highest BCUT2D eigenvalue weighted by atomic mass is 35.5. The average Bonchev–Trinajstić information content (AvgIpc) is 3.01. The van der Waals surface area contributed by atoms with E-state index in [4.69, 9.17) is 5.73 Å². The maximum absolute atomic E-state index is 13.2. The maximum Gasteiger partial charge on any atom is 0.277 e. The largest absolute Gasteiger partial charge is 0.333 e. The fraction of sp³-hybridized carbons (Fsp3) is 0.579. The number of aryl methyl sites for hydroxylation is 3. The van der Waals surface area contributed by atoms with E-state index in [2.05, 4.69) is 10.1 Å². The molecule has 1 aliphatic heterocycles. The minimum Gasteiger partial charge on any atom is -0.333 e. The molecule has 2 unspecified atom stereocenters. The number of amides is 1. The topological polar surface area (TPSA) is 94.1 Å². The van der Waals surface area contributed by atoms with E-state index in [0.717, 1.165) is 30.5 Å². The Bertz CT molecular complexity index is 941. The van der Waals surface area contributed by atoms with Gasteiger partial charge in [0.2, 0.25) is 0 Å². The Morgan fingerprint density at radius 1 is 1.21 bits per heavy atom. The molecule has 0 spiro atoms. The Morgan fingerprint density at radius 2 is 1.86 bits per heavy atom. The number of nitrogens with zero attached hydrogens (tertiary/aromatic N) is 4. The summed E-state index contributed by atoms with van der Waals surface area (Å²) >= 11 is 1.29. The van der Waals surface area contributed by atoms with Crippen LogP contribution in [0.5, 0.6) is 0 Å². The van der Waals surface area contributed by atoms with E-state index in [1.54, 1.807) is 7.05 Å². The van der Waals surface area contributed by atoms with E-state index in [-0.39, 0.29) is 48.4 Å². The molecule has 1 saturated heterocycles. The van der Waals surface area contributed by atoms with Crippen LogP contribution in [-0.4, -0.2) is 44.2 Å². The summed E-state index contributed by atoms with van der Waals surface area (Å²) in [6, 6.07) is -0.0201. The summed E-state index contributed by atoms with van der Waals surface area (Å²) in [6.45, 7) is 8.23. The van der Waals surface area contributed by atoms with Gasteiger partial charge >= 0.3 is 0 Å². The van der Waals surface area contributed by atoms with Gasteiger partial charge in [0, 0.05) is 25.7 Å². The minimum atomic E-state index is -0.197. The van der Waals surface area contributed by atoms with Gasteiger partial charge in [0.25, 0.3) is 11.5 Å². The van der Waals surface area contributed by atoms with Crippen molar-refractivity contribution in [2.45, 2.75) is 59.0 Å². The van der Waals surface area contributed by atoms with E-state index in [9.17, 15) is 9.59 Å². The molecule has 7 nitrogen and oxygen atoms in total. The van der Waals surface area contributed by atoms with Crippen LogP contribution < -0.4 is 11.3 Å². The van der Waals surface area contributed by atoms with Gasteiger partial charge in [-0.3, -0.25) is 9.59 Å². The molecule has 2 N–H and O–H groups in total. The third kappa shape index (κ3) is 4.82. The first-order valence-corrected chi connectivity index (χ1v) is 10.1. The number of carbonyl (C=O) groups excluding carboxylic acids is 1. The lowest BCUT2D eigenvalue weighted by Crippen LogP contribution is -2.51. The molecule has 29 heavy (non-hydrogen) atoms. The third-order valence-electron chi connectivity index (χ3n) is 5.35. The Balaban J connectivity index is 0.00000210. The van der Waals surface area contributed by atoms with Gasteiger partial charge in [-0.2, -0.15) is 5.10 Å². The number of rotatable bonds is 3. The zero-order chi connectivity index (χ0) is 19.9. The Labute approximate surface area is 187 Å². The second-order valence-corrected chi connectivity index (χ2v) is 8.37. The number of piperidine rings is 1. The molecule has 0 radical (unpaired) electrons. The van der Waals surface area contributed by atoms with Crippen LogP contribution >= 0.6 is 36.2 Å². The van der Waals surface area contributed by atoms with Gasteiger partial charge < -0.3 is 10.6 Å². The van der Waals surface area contributed by atoms with Crippen molar-refractivity contribution in [2.24, 2.45) is 12.8 Å². The van der Waals surface area contributed by atoms with E-state index in [1.165, 1.54) is 16.0 Å². The molecular weight excluding hydrogens is 433 g/mol. The highest BCUT2D eigenvalue weighted by Gasteiger charge is 2.32. The molecule has 0 bridgehead atoms. The first-order chi connectivity index (χ1) is 12.7. The van der Waals surface area contributed by atoms with E-state index in [1.807, 2.05) is 32.6 Å². The SMILES string of the molecule is Cc1nc(-c2c(C)c(C)nn(C)c2=O)sc1C(=O)N1CCCCC1C(C)N.Cl.Cl. The number of aromatic nitrogens is 3. The normalized spacial score (nSPS) is 17.3. The molecule has 3 rings (SSSR count). The summed E-state index contributed by atoms with van der Waals surface area (Å²) < 4.78 is 1.33. The molecule has 1 fully saturated rings. The van der Waals surface area contributed by atoms with Gasteiger partial charge in [0.05, 0.1) is 17.0 Å². The van der Waals surface area contributed by atoms with E-state index in [0.29, 0.717) is 27.7 Å². The van der Waals surface area contributed by atoms with E-state index < -0.39 is 0 Å². The Kier molecular flexibility index (Phi) is 8.83. The first-order valence-electron chi connectivity index (χ1n) is 9.31. The molecule has 3 heterocycles. The standard InChI is InChI=1S/C19H27N5O2S.2ClH/c1-10-12(3)22-23(5)18(25)15(10)17-21-13(4)16(27-17)19(26)24-9-7-6-8-14(24)11(2)20;;/h11,14H,6-9,20H2,1-5H3;2*1H. The number of likely N-dealkylation sites (tertiary alicyclic amines) is 1. The van der Waals surface area contributed by atoms with Crippen molar-refractivity contribution in [1.29, 1.82) is 0 Å². The molecule has 0 aliphatic carbocycles. The summed E-state index contributed by atoms with van der Waals surface area (Å²) in [4.78, 5) is 32.9. The quantitative estimate of drug-likeness (QED) is 0.757. The van der Waals surface area contributed by atoms with Gasteiger partial charge in [-0.15, -0.1) is 36.2 Å². The van der Waals surface area contributed by atoms with Gasteiger partial charge in [-0.05, 0) is 52.5 Å². The lowest BCUT2D eigenvalue weighted by molar-refractivity contribution is 0.0588. The average molecular weight is 462 g/mol. The number of thiazole rings is 1. The highest BCUT2D eigenvalue weighted by molar-refractivity contribution is 7.17. The van der Waals surface area contributed by atoms with Gasteiger partial charge in [0.15, 0.2) is 0 Å². The molecule has 2 atom stereocenters. The summed E-state index contributed by atoms with van der Waals surface area (Å²) in [6.07, 6.45) is 3.01. The Hall–Kier alpha value is -1.48. The van der Waals surface area contributed by atoms with Crippen LogP contribution in [0.15, 0.2) is 4.79 Å². The molecule has 0 saturated carbocycles. The molecule has 1 amide bonds. The van der Waals surface area contributed by atoms with Crippen molar-refractivity contribution in [1.82, 2.24) is 19.7 Å². The second kappa shape index (κ2) is 10.0. The Morgan fingerprint density at radius 3 is 2.48 bits per heavy atom. The van der Waals surface area contributed by atoms with Crippen LogP contribution in [0.4, 0.5) is 0 Å². The maximum atomic E-state index is 13.2. The van der Waals surface area contributed by atoms with Crippen molar-refractivity contribution in [3.63, 3.8) is 0 Å².